The number of halogens is 1. The first-order valence-corrected chi connectivity index (χ1v) is 11.3. The summed E-state index contributed by atoms with van der Waals surface area (Å²) in [5.74, 6) is 0.189. The first kappa shape index (κ1) is 21.9. The predicted molar refractivity (Wildman–Crippen MR) is 132 cm³/mol. The van der Waals surface area contributed by atoms with Gasteiger partial charge in [-0.1, -0.05) is 29.8 Å². The third-order valence-electron chi connectivity index (χ3n) is 5.84. The molecule has 2 aromatic heterocycles. The number of hydrogen-bond acceptors (Lipinski definition) is 5. The molecule has 2 amide bonds. The molecule has 0 radical (unpaired) electrons. The molecular weight excluding hydrogens is 452 g/mol. The van der Waals surface area contributed by atoms with E-state index >= 15 is 0 Å². The molecule has 0 unspecified atom stereocenters. The number of nitrogens with zero attached hydrogens (tertiary/aromatic N) is 2. The van der Waals surface area contributed by atoms with Crippen molar-refractivity contribution >= 4 is 45.7 Å². The van der Waals surface area contributed by atoms with Crippen molar-refractivity contribution in [1.82, 2.24) is 10.4 Å². The number of benzene rings is 2. The van der Waals surface area contributed by atoms with Gasteiger partial charge in [-0.3, -0.25) is 14.6 Å². The SMILES string of the molecule is Cc1c(C(=O)Nc2cccc3ncccc23)oc2c1/C(=N/NC(=O)c1ccccc1Cl)CCC2. The van der Waals surface area contributed by atoms with Crippen LogP contribution >= 0.6 is 11.6 Å². The molecule has 0 fully saturated rings. The van der Waals surface area contributed by atoms with Crippen molar-refractivity contribution in [3.8, 4) is 0 Å². The molecule has 1 aliphatic rings. The van der Waals surface area contributed by atoms with Crippen molar-refractivity contribution in [2.75, 3.05) is 5.32 Å². The lowest BCUT2D eigenvalue weighted by Crippen LogP contribution is -2.22. The normalized spacial score (nSPS) is 14.1. The summed E-state index contributed by atoms with van der Waals surface area (Å²) in [7, 11) is 0. The lowest BCUT2D eigenvalue weighted by atomic mass is 9.93. The lowest BCUT2D eigenvalue weighted by Gasteiger charge is -2.13. The fourth-order valence-corrected chi connectivity index (χ4v) is 4.43. The summed E-state index contributed by atoms with van der Waals surface area (Å²) in [5.41, 5.74) is 6.53. The first-order chi connectivity index (χ1) is 16.5. The second-order valence-corrected chi connectivity index (χ2v) is 8.42. The first-order valence-electron chi connectivity index (χ1n) is 10.9. The minimum atomic E-state index is -0.395. The maximum atomic E-state index is 13.1. The Hall–Kier alpha value is -3.97. The van der Waals surface area contributed by atoms with Crippen LogP contribution in [0.5, 0.6) is 0 Å². The number of hydrazone groups is 1. The fraction of sp³-hybridized carbons (Fsp3) is 0.154. The Morgan fingerprint density at radius 3 is 2.74 bits per heavy atom. The molecule has 170 valence electrons. The fourth-order valence-electron chi connectivity index (χ4n) is 4.21. The molecule has 0 atom stereocenters. The molecule has 1 aliphatic carbocycles. The van der Waals surface area contributed by atoms with Gasteiger partial charge in [0.1, 0.15) is 5.76 Å². The standard InChI is InChI=1S/C26H21ClN4O3/c1-15-23-21(30-31-25(32)16-7-2-3-9-18(16)27)12-5-13-22(23)34-24(15)26(33)29-20-11-4-10-19-17(20)8-6-14-28-19/h2-4,6-11,14H,5,12-13H2,1H3,(H,29,33)(H,31,32)/b30-21+. The lowest BCUT2D eigenvalue weighted by molar-refractivity contribution is 0.0953. The highest BCUT2D eigenvalue weighted by atomic mass is 35.5. The monoisotopic (exact) mass is 472 g/mol. The summed E-state index contributed by atoms with van der Waals surface area (Å²) in [6.45, 7) is 1.83. The third kappa shape index (κ3) is 4.06. The second kappa shape index (κ2) is 9.11. The highest BCUT2D eigenvalue weighted by Crippen LogP contribution is 2.31. The van der Waals surface area contributed by atoms with Gasteiger partial charge in [-0.05, 0) is 56.2 Å². The van der Waals surface area contributed by atoms with Gasteiger partial charge in [0.15, 0.2) is 5.76 Å². The van der Waals surface area contributed by atoms with Gasteiger partial charge in [0, 0.05) is 29.1 Å². The highest BCUT2D eigenvalue weighted by molar-refractivity contribution is 6.33. The van der Waals surface area contributed by atoms with Crippen LogP contribution in [0.4, 0.5) is 5.69 Å². The molecule has 4 aromatic rings. The number of furan rings is 1. The average Bonchev–Trinajstić information content (AvgIpc) is 3.20. The summed E-state index contributed by atoms with van der Waals surface area (Å²) in [6.07, 6.45) is 3.87. The number of aryl methyl sites for hydroxylation is 1. The van der Waals surface area contributed by atoms with E-state index < -0.39 is 5.91 Å². The topological polar surface area (TPSA) is 96.6 Å². The van der Waals surface area contributed by atoms with E-state index in [0.29, 0.717) is 46.2 Å². The number of amides is 2. The van der Waals surface area contributed by atoms with Gasteiger partial charge in [-0.25, -0.2) is 5.43 Å². The molecule has 7 nitrogen and oxygen atoms in total. The molecule has 8 heteroatoms. The number of pyridine rings is 1. The van der Waals surface area contributed by atoms with Gasteiger partial charge < -0.3 is 9.73 Å². The molecule has 0 saturated heterocycles. The predicted octanol–water partition coefficient (Wildman–Crippen LogP) is 5.51. The van der Waals surface area contributed by atoms with Gasteiger partial charge >= 0.3 is 0 Å². The average molecular weight is 473 g/mol. The van der Waals surface area contributed by atoms with Crippen LogP contribution in [0.15, 0.2) is 70.3 Å². The van der Waals surface area contributed by atoms with Crippen LogP contribution in [-0.2, 0) is 6.42 Å². The van der Waals surface area contributed by atoms with E-state index in [9.17, 15) is 9.59 Å². The Labute approximate surface area is 200 Å². The van der Waals surface area contributed by atoms with Crippen LogP contribution in [0.25, 0.3) is 10.9 Å². The van der Waals surface area contributed by atoms with E-state index in [4.69, 9.17) is 16.0 Å². The van der Waals surface area contributed by atoms with Crippen molar-refractivity contribution in [2.24, 2.45) is 5.10 Å². The third-order valence-corrected chi connectivity index (χ3v) is 6.17. The summed E-state index contributed by atoms with van der Waals surface area (Å²) in [4.78, 5) is 30.0. The number of rotatable bonds is 4. The summed E-state index contributed by atoms with van der Waals surface area (Å²) >= 11 is 6.12. The van der Waals surface area contributed by atoms with E-state index in [2.05, 4.69) is 20.8 Å². The minimum Gasteiger partial charge on any atom is -0.455 e. The zero-order chi connectivity index (χ0) is 23.7. The van der Waals surface area contributed by atoms with E-state index in [1.807, 2.05) is 37.3 Å². The van der Waals surface area contributed by atoms with Crippen molar-refractivity contribution in [3.05, 3.63) is 94.0 Å². The molecule has 0 saturated carbocycles. The van der Waals surface area contributed by atoms with Crippen LogP contribution in [0.1, 0.15) is 50.6 Å². The van der Waals surface area contributed by atoms with Crippen LogP contribution in [0, 0.1) is 6.92 Å². The minimum absolute atomic E-state index is 0.234. The maximum Gasteiger partial charge on any atom is 0.291 e. The molecule has 0 aliphatic heterocycles. The number of aromatic nitrogens is 1. The van der Waals surface area contributed by atoms with Gasteiger partial charge in [0.05, 0.1) is 27.5 Å². The molecule has 2 N–H and O–H groups in total. The van der Waals surface area contributed by atoms with Crippen molar-refractivity contribution in [3.63, 3.8) is 0 Å². The zero-order valence-corrected chi connectivity index (χ0v) is 19.1. The maximum absolute atomic E-state index is 13.1. The molecule has 5 rings (SSSR count). The summed E-state index contributed by atoms with van der Waals surface area (Å²) < 4.78 is 5.98. The van der Waals surface area contributed by atoms with Crippen molar-refractivity contribution in [2.45, 2.75) is 26.2 Å². The van der Waals surface area contributed by atoms with Gasteiger partial charge in [-0.2, -0.15) is 5.10 Å². The van der Waals surface area contributed by atoms with Crippen LogP contribution in [-0.4, -0.2) is 22.5 Å². The van der Waals surface area contributed by atoms with Crippen LogP contribution < -0.4 is 10.7 Å². The number of nitrogens with one attached hydrogen (secondary N) is 2. The molecular formula is C26H21ClN4O3. The summed E-state index contributed by atoms with van der Waals surface area (Å²) in [6, 6.07) is 16.1. The van der Waals surface area contributed by atoms with Crippen LogP contribution in [0.3, 0.4) is 0 Å². The number of carbonyl (C=O) groups excluding carboxylic acids is 2. The highest BCUT2D eigenvalue weighted by Gasteiger charge is 2.28. The van der Waals surface area contributed by atoms with E-state index in [1.54, 1.807) is 30.5 Å². The van der Waals surface area contributed by atoms with E-state index in [1.165, 1.54) is 0 Å². The molecule has 2 aromatic carbocycles. The summed E-state index contributed by atoms with van der Waals surface area (Å²) in [5, 5.41) is 8.50. The number of carbonyl (C=O) groups is 2. The van der Waals surface area contributed by atoms with Gasteiger partial charge in [0.2, 0.25) is 0 Å². The van der Waals surface area contributed by atoms with E-state index in [0.717, 1.165) is 22.9 Å². The van der Waals surface area contributed by atoms with Crippen molar-refractivity contribution in [1.29, 1.82) is 0 Å². The Bertz CT molecular complexity index is 1450. The van der Waals surface area contributed by atoms with Crippen molar-refractivity contribution < 1.29 is 14.0 Å². The quantitative estimate of drug-likeness (QED) is 0.382. The Balaban J connectivity index is 1.42. The second-order valence-electron chi connectivity index (χ2n) is 8.02. The number of hydrogen-bond donors (Lipinski definition) is 2. The molecule has 0 bridgehead atoms. The molecule has 2 heterocycles. The number of fused-ring (bicyclic) bond motifs is 2. The van der Waals surface area contributed by atoms with E-state index in [-0.39, 0.29) is 11.7 Å². The van der Waals surface area contributed by atoms with Crippen LogP contribution in [0.2, 0.25) is 5.02 Å². The molecule has 34 heavy (non-hydrogen) atoms. The van der Waals surface area contributed by atoms with Gasteiger partial charge in [0.25, 0.3) is 11.8 Å². The Morgan fingerprint density at radius 2 is 1.88 bits per heavy atom. The molecule has 0 spiro atoms. The smallest absolute Gasteiger partial charge is 0.291 e. The number of anilines is 1. The largest absolute Gasteiger partial charge is 0.455 e. The Kier molecular flexibility index (Phi) is 5.86. The van der Waals surface area contributed by atoms with Gasteiger partial charge in [-0.15, -0.1) is 0 Å². The zero-order valence-electron chi connectivity index (χ0n) is 18.4. The Morgan fingerprint density at radius 1 is 1.03 bits per heavy atom.